The van der Waals surface area contributed by atoms with Crippen LogP contribution in [0.5, 0.6) is 5.75 Å². The molecule has 0 fully saturated rings. The number of hydrogen-bond donors (Lipinski definition) is 2. The van der Waals surface area contributed by atoms with Crippen molar-refractivity contribution in [3.8, 4) is 5.75 Å². The molecule has 1 unspecified atom stereocenters. The maximum absolute atomic E-state index is 11.8. The molecule has 1 aromatic rings. The van der Waals surface area contributed by atoms with E-state index < -0.39 is 17.7 Å². The van der Waals surface area contributed by atoms with Gasteiger partial charge in [-0.1, -0.05) is 32.4 Å². The smallest absolute Gasteiger partial charge is 0.408 e. The van der Waals surface area contributed by atoms with Gasteiger partial charge in [-0.2, -0.15) is 0 Å². The number of benzene rings is 1. The molecule has 0 saturated carbocycles. The highest BCUT2D eigenvalue weighted by Gasteiger charge is 2.20. The molecule has 23 heavy (non-hydrogen) atoms. The van der Waals surface area contributed by atoms with Crippen LogP contribution >= 0.6 is 0 Å². The minimum atomic E-state index is -0.572. The number of hydrogen-bond acceptors (Lipinski definition) is 4. The van der Waals surface area contributed by atoms with Crippen LogP contribution in [0.2, 0.25) is 0 Å². The third kappa shape index (κ3) is 7.37. The summed E-state index contributed by atoms with van der Waals surface area (Å²) in [5.74, 6) is 1.29. The van der Waals surface area contributed by atoms with Crippen molar-refractivity contribution in [2.75, 3.05) is 13.2 Å². The van der Waals surface area contributed by atoms with E-state index >= 15 is 0 Å². The van der Waals surface area contributed by atoms with Gasteiger partial charge >= 0.3 is 6.09 Å². The molecule has 0 spiro atoms. The number of rotatable bonds is 7. The van der Waals surface area contributed by atoms with Gasteiger partial charge in [0.05, 0.1) is 19.3 Å². The molecule has 0 saturated heterocycles. The normalized spacial score (nSPS) is 14.0. The van der Waals surface area contributed by atoms with E-state index in [1.165, 1.54) is 0 Å². The summed E-state index contributed by atoms with van der Waals surface area (Å²) in [5.41, 5.74) is 0.229. The number of aliphatic hydroxyl groups excluding tert-OH is 1. The van der Waals surface area contributed by atoms with Crippen molar-refractivity contribution in [1.29, 1.82) is 0 Å². The van der Waals surface area contributed by atoms with Gasteiger partial charge in [0.15, 0.2) is 0 Å². The zero-order valence-electron chi connectivity index (χ0n) is 14.8. The predicted molar refractivity (Wildman–Crippen MR) is 90.6 cm³/mol. The second-order valence-corrected chi connectivity index (χ2v) is 6.77. The number of ether oxygens (including phenoxy) is 2. The van der Waals surface area contributed by atoms with Gasteiger partial charge in [0.1, 0.15) is 11.4 Å². The second kappa shape index (κ2) is 8.77. The molecule has 0 heterocycles. The Balaban J connectivity index is 2.63. The summed E-state index contributed by atoms with van der Waals surface area (Å²) in [6.07, 6.45) is 0.526. The van der Waals surface area contributed by atoms with E-state index in [0.717, 1.165) is 17.7 Å². The highest BCUT2D eigenvalue weighted by Crippen LogP contribution is 2.19. The van der Waals surface area contributed by atoms with Crippen LogP contribution in [0.4, 0.5) is 4.79 Å². The molecule has 0 radical (unpaired) electrons. The maximum atomic E-state index is 11.8. The standard InChI is InChI=1S/C18H29NO4/c1-6-13(2)12-22-15-9-7-14(8-10-15)16(11-20)19-17(21)23-18(3,4)5/h7-10,13,16,20H,6,11-12H2,1-5H3,(H,19,21)/t13?,16-/m0/s1. The average Bonchev–Trinajstić information content (AvgIpc) is 2.49. The molecule has 2 atom stereocenters. The van der Waals surface area contributed by atoms with Gasteiger partial charge < -0.3 is 19.9 Å². The summed E-state index contributed by atoms with van der Waals surface area (Å²) < 4.78 is 10.9. The quantitative estimate of drug-likeness (QED) is 0.803. The second-order valence-electron chi connectivity index (χ2n) is 6.77. The molecular formula is C18H29NO4. The Morgan fingerprint density at radius 3 is 2.35 bits per heavy atom. The Morgan fingerprint density at radius 1 is 1.26 bits per heavy atom. The monoisotopic (exact) mass is 323 g/mol. The summed E-state index contributed by atoms with van der Waals surface area (Å²) in [6, 6.07) is 6.86. The van der Waals surface area contributed by atoms with Gasteiger partial charge in [0, 0.05) is 0 Å². The van der Waals surface area contributed by atoms with Crippen LogP contribution in [0.25, 0.3) is 0 Å². The highest BCUT2D eigenvalue weighted by molar-refractivity contribution is 5.68. The average molecular weight is 323 g/mol. The van der Waals surface area contributed by atoms with Crippen LogP contribution in [0.1, 0.15) is 52.6 Å². The van der Waals surface area contributed by atoms with E-state index in [1.54, 1.807) is 20.8 Å². The fraction of sp³-hybridized carbons (Fsp3) is 0.611. The molecular weight excluding hydrogens is 294 g/mol. The first-order valence-corrected chi connectivity index (χ1v) is 8.08. The van der Waals surface area contributed by atoms with Crippen molar-refractivity contribution in [1.82, 2.24) is 5.32 Å². The van der Waals surface area contributed by atoms with E-state index in [2.05, 4.69) is 19.2 Å². The molecule has 0 aromatic heterocycles. The largest absolute Gasteiger partial charge is 0.493 e. The molecule has 0 aliphatic rings. The molecule has 1 amide bonds. The van der Waals surface area contributed by atoms with Crippen molar-refractivity contribution >= 4 is 6.09 Å². The van der Waals surface area contributed by atoms with E-state index in [-0.39, 0.29) is 6.61 Å². The van der Waals surface area contributed by atoms with Crippen molar-refractivity contribution < 1.29 is 19.4 Å². The van der Waals surface area contributed by atoms with Crippen molar-refractivity contribution in [3.63, 3.8) is 0 Å². The Hall–Kier alpha value is -1.75. The lowest BCUT2D eigenvalue weighted by molar-refractivity contribution is 0.0482. The van der Waals surface area contributed by atoms with E-state index in [9.17, 15) is 9.90 Å². The van der Waals surface area contributed by atoms with Crippen molar-refractivity contribution in [3.05, 3.63) is 29.8 Å². The van der Waals surface area contributed by atoms with E-state index in [1.807, 2.05) is 24.3 Å². The summed E-state index contributed by atoms with van der Waals surface area (Å²) in [4.78, 5) is 11.8. The van der Waals surface area contributed by atoms with Crippen LogP contribution in [-0.4, -0.2) is 30.0 Å². The van der Waals surface area contributed by atoms with Crippen LogP contribution in [0, 0.1) is 5.92 Å². The molecule has 0 aliphatic carbocycles. The molecule has 5 heteroatoms. The maximum Gasteiger partial charge on any atom is 0.408 e. The van der Waals surface area contributed by atoms with Gasteiger partial charge in [0.2, 0.25) is 0 Å². The third-order valence-corrected chi connectivity index (χ3v) is 3.39. The Kier molecular flexibility index (Phi) is 7.36. The van der Waals surface area contributed by atoms with Crippen LogP contribution < -0.4 is 10.1 Å². The number of alkyl carbamates (subject to hydrolysis) is 1. The lowest BCUT2D eigenvalue weighted by Gasteiger charge is -2.23. The molecule has 1 aromatic carbocycles. The Bertz CT molecular complexity index is 479. The number of aliphatic hydroxyl groups is 1. The summed E-state index contributed by atoms with van der Waals surface area (Å²) >= 11 is 0. The van der Waals surface area contributed by atoms with Gasteiger partial charge in [-0.15, -0.1) is 0 Å². The number of amides is 1. The SMILES string of the molecule is CCC(C)COc1ccc([C@H](CO)NC(=O)OC(C)(C)C)cc1. The molecule has 0 aliphatic heterocycles. The zero-order valence-corrected chi connectivity index (χ0v) is 14.8. The highest BCUT2D eigenvalue weighted by atomic mass is 16.6. The third-order valence-electron chi connectivity index (χ3n) is 3.39. The van der Waals surface area contributed by atoms with Crippen LogP contribution in [0.3, 0.4) is 0 Å². The summed E-state index contributed by atoms with van der Waals surface area (Å²) in [5, 5.41) is 12.2. The first-order chi connectivity index (χ1) is 10.7. The number of carbonyl (C=O) groups excluding carboxylic acids is 1. The molecule has 2 N–H and O–H groups in total. The van der Waals surface area contributed by atoms with Gasteiger partial charge in [-0.25, -0.2) is 4.79 Å². The van der Waals surface area contributed by atoms with Crippen LogP contribution in [-0.2, 0) is 4.74 Å². The van der Waals surface area contributed by atoms with E-state index in [4.69, 9.17) is 9.47 Å². The minimum absolute atomic E-state index is 0.202. The lowest BCUT2D eigenvalue weighted by Crippen LogP contribution is -2.36. The fourth-order valence-corrected chi connectivity index (χ4v) is 1.84. The first-order valence-electron chi connectivity index (χ1n) is 8.08. The summed E-state index contributed by atoms with van der Waals surface area (Å²) in [6.45, 7) is 10.1. The molecule has 1 rings (SSSR count). The van der Waals surface area contributed by atoms with Crippen molar-refractivity contribution in [2.45, 2.75) is 52.7 Å². The Morgan fingerprint density at radius 2 is 1.87 bits per heavy atom. The van der Waals surface area contributed by atoms with Gasteiger partial charge in [-0.05, 0) is 44.4 Å². The van der Waals surface area contributed by atoms with Gasteiger partial charge in [-0.3, -0.25) is 0 Å². The molecule has 130 valence electrons. The first kappa shape index (κ1) is 19.3. The fourth-order valence-electron chi connectivity index (χ4n) is 1.84. The van der Waals surface area contributed by atoms with Gasteiger partial charge in [0.25, 0.3) is 0 Å². The molecule has 0 bridgehead atoms. The zero-order chi connectivity index (χ0) is 17.5. The number of carbonyl (C=O) groups is 1. The van der Waals surface area contributed by atoms with Crippen molar-refractivity contribution in [2.24, 2.45) is 5.92 Å². The Labute approximate surface area is 139 Å². The summed E-state index contributed by atoms with van der Waals surface area (Å²) in [7, 11) is 0. The molecule has 5 nitrogen and oxygen atoms in total. The predicted octanol–water partition coefficient (Wildman–Crippen LogP) is 3.67. The topological polar surface area (TPSA) is 67.8 Å². The van der Waals surface area contributed by atoms with E-state index in [0.29, 0.717) is 12.5 Å². The van der Waals surface area contributed by atoms with Crippen LogP contribution in [0.15, 0.2) is 24.3 Å². The number of nitrogens with one attached hydrogen (secondary N) is 1. The lowest BCUT2D eigenvalue weighted by atomic mass is 10.1. The minimum Gasteiger partial charge on any atom is -0.493 e.